The molecule has 0 fully saturated rings. The van der Waals surface area contributed by atoms with Crippen molar-refractivity contribution in [3.63, 3.8) is 0 Å². The summed E-state index contributed by atoms with van der Waals surface area (Å²) >= 11 is 0. The Morgan fingerprint density at radius 2 is 2.13 bits per heavy atom. The summed E-state index contributed by atoms with van der Waals surface area (Å²) < 4.78 is 0. The van der Waals surface area contributed by atoms with E-state index in [4.69, 9.17) is 5.73 Å². The first-order valence-corrected chi connectivity index (χ1v) is 8.03. The van der Waals surface area contributed by atoms with E-state index in [0.29, 0.717) is 17.9 Å². The molecule has 0 radical (unpaired) electrons. The topological polar surface area (TPSA) is 96.7 Å². The van der Waals surface area contributed by atoms with Crippen LogP contribution < -0.4 is 11.1 Å². The second kappa shape index (κ2) is 6.12. The van der Waals surface area contributed by atoms with E-state index < -0.39 is 5.54 Å². The Morgan fingerprint density at radius 3 is 2.87 bits per heavy atom. The lowest BCUT2D eigenvalue weighted by atomic mass is 9.98. The normalized spacial score (nSPS) is 14.4. The molecule has 0 spiro atoms. The van der Waals surface area contributed by atoms with Gasteiger partial charge in [-0.2, -0.15) is 0 Å². The second-order valence-corrected chi connectivity index (χ2v) is 6.85. The molecule has 1 amide bonds. The maximum atomic E-state index is 12.2. The summed E-state index contributed by atoms with van der Waals surface area (Å²) in [6.07, 6.45) is 7.79. The molecule has 1 aliphatic rings. The summed E-state index contributed by atoms with van der Waals surface area (Å²) in [4.78, 5) is 24.2. The van der Waals surface area contributed by atoms with Gasteiger partial charge in [0, 0.05) is 17.8 Å². The van der Waals surface area contributed by atoms with Gasteiger partial charge in [0.15, 0.2) is 0 Å². The van der Waals surface area contributed by atoms with Gasteiger partial charge in [-0.25, -0.2) is 4.98 Å². The van der Waals surface area contributed by atoms with Crippen LogP contribution in [0.2, 0.25) is 0 Å². The van der Waals surface area contributed by atoms with Crippen molar-refractivity contribution in [1.29, 1.82) is 0 Å². The van der Waals surface area contributed by atoms with Crippen LogP contribution in [0.25, 0.3) is 11.4 Å². The van der Waals surface area contributed by atoms with Crippen molar-refractivity contribution in [2.24, 2.45) is 5.73 Å². The standard InChI is InChI=1S/C17H23N5O/c1-17(2,18)10-20-16(23)15-9-19-8-14(22-15)13-7-11-5-3-4-6-12(11)21-13/h7-9,21H,3-6,10,18H2,1-2H3,(H,20,23). The number of nitrogens with one attached hydrogen (secondary N) is 2. The molecule has 1 aliphatic carbocycles. The van der Waals surface area contributed by atoms with Gasteiger partial charge in [-0.05, 0) is 51.2 Å². The van der Waals surface area contributed by atoms with Gasteiger partial charge in [-0.1, -0.05) is 0 Å². The van der Waals surface area contributed by atoms with Crippen molar-refractivity contribution in [2.75, 3.05) is 6.54 Å². The molecule has 0 unspecified atom stereocenters. The van der Waals surface area contributed by atoms with E-state index >= 15 is 0 Å². The van der Waals surface area contributed by atoms with Gasteiger partial charge in [0.1, 0.15) is 11.4 Å². The van der Waals surface area contributed by atoms with E-state index in [0.717, 1.165) is 18.5 Å². The van der Waals surface area contributed by atoms with Crippen LogP contribution in [-0.2, 0) is 12.8 Å². The Labute approximate surface area is 135 Å². The molecule has 0 saturated carbocycles. The molecule has 0 bridgehead atoms. The lowest BCUT2D eigenvalue weighted by molar-refractivity contribution is 0.0940. The fourth-order valence-electron chi connectivity index (χ4n) is 2.75. The van der Waals surface area contributed by atoms with E-state index in [2.05, 4.69) is 26.3 Å². The van der Waals surface area contributed by atoms with Crippen molar-refractivity contribution >= 4 is 5.91 Å². The molecule has 6 heteroatoms. The Morgan fingerprint density at radius 1 is 1.35 bits per heavy atom. The highest BCUT2D eigenvalue weighted by molar-refractivity contribution is 5.92. The van der Waals surface area contributed by atoms with Gasteiger partial charge in [0.05, 0.1) is 18.1 Å². The van der Waals surface area contributed by atoms with Crippen LogP contribution in [0.4, 0.5) is 0 Å². The molecule has 6 nitrogen and oxygen atoms in total. The quantitative estimate of drug-likeness (QED) is 0.802. The van der Waals surface area contributed by atoms with E-state index in [1.54, 1.807) is 6.20 Å². The number of carbonyl (C=O) groups excluding carboxylic acids is 1. The molecular formula is C17H23N5O. The van der Waals surface area contributed by atoms with Crippen molar-refractivity contribution < 1.29 is 4.79 Å². The number of hydrogen-bond donors (Lipinski definition) is 3. The third kappa shape index (κ3) is 3.76. The van der Waals surface area contributed by atoms with Crippen LogP contribution in [0, 0.1) is 0 Å². The maximum Gasteiger partial charge on any atom is 0.271 e. The number of carbonyl (C=O) groups is 1. The average Bonchev–Trinajstić information content (AvgIpc) is 2.96. The van der Waals surface area contributed by atoms with E-state index in [1.165, 1.54) is 30.3 Å². The first-order chi connectivity index (χ1) is 10.9. The van der Waals surface area contributed by atoms with Crippen molar-refractivity contribution in [1.82, 2.24) is 20.3 Å². The first kappa shape index (κ1) is 15.7. The fourth-order valence-corrected chi connectivity index (χ4v) is 2.75. The van der Waals surface area contributed by atoms with Crippen LogP contribution in [0.1, 0.15) is 48.4 Å². The molecule has 3 rings (SSSR count). The number of aromatic amines is 1. The first-order valence-electron chi connectivity index (χ1n) is 8.03. The highest BCUT2D eigenvalue weighted by atomic mass is 16.1. The van der Waals surface area contributed by atoms with Gasteiger partial charge >= 0.3 is 0 Å². The van der Waals surface area contributed by atoms with Gasteiger partial charge in [-0.15, -0.1) is 0 Å². The smallest absolute Gasteiger partial charge is 0.271 e. The molecule has 0 aromatic carbocycles. The minimum absolute atomic E-state index is 0.255. The van der Waals surface area contributed by atoms with Crippen molar-refractivity contribution in [3.05, 3.63) is 35.4 Å². The lowest BCUT2D eigenvalue weighted by Gasteiger charge is -2.18. The number of amides is 1. The lowest BCUT2D eigenvalue weighted by Crippen LogP contribution is -2.45. The molecule has 0 aliphatic heterocycles. The van der Waals surface area contributed by atoms with Crippen molar-refractivity contribution in [2.45, 2.75) is 45.1 Å². The Bertz CT molecular complexity index is 691. The zero-order valence-electron chi connectivity index (χ0n) is 13.6. The summed E-state index contributed by atoms with van der Waals surface area (Å²) in [6.45, 7) is 4.10. The minimum Gasteiger partial charge on any atom is -0.357 e. The Hall–Kier alpha value is -2.21. The monoisotopic (exact) mass is 313 g/mol. The third-order valence-electron chi connectivity index (χ3n) is 3.96. The number of fused-ring (bicyclic) bond motifs is 1. The molecule has 2 aromatic heterocycles. The average molecular weight is 313 g/mol. The molecule has 122 valence electrons. The number of H-pyrrole nitrogens is 1. The summed E-state index contributed by atoms with van der Waals surface area (Å²) in [5, 5.41) is 2.79. The van der Waals surface area contributed by atoms with Crippen LogP contribution in [-0.4, -0.2) is 32.9 Å². The summed E-state index contributed by atoms with van der Waals surface area (Å²) in [7, 11) is 0. The molecule has 0 saturated heterocycles. The SMILES string of the molecule is CC(C)(N)CNC(=O)c1cncc(-c2cc3c([nH]2)CCCC3)n1. The number of aryl methyl sites for hydroxylation is 2. The van der Waals surface area contributed by atoms with Crippen LogP contribution in [0.5, 0.6) is 0 Å². The minimum atomic E-state index is -0.459. The molecule has 2 aromatic rings. The second-order valence-electron chi connectivity index (χ2n) is 6.85. The Kier molecular flexibility index (Phi) is 4.17. The molecular weight excluding hydrogens is 290 g/mol. The van der Waals surface area contributed by atoms with E-state index in [9.17, 15) is 4.79 Å². The highest BCUT2D eigenvalue weighted by Gasteiger charge is 2.17. The molecule has 0 atom stereocenters. The van der Waals surface area contributed by atoms with Crippen LogP contribution in [0.3, 0.4) is 0 Å². The number of hydrogen-bond acceptors (Lipinski definition) is 4. The zero-order valence-corrected chi connectivity index (χ0v) is 13.6. The van der Waals surface area contributed by atoms with Crippen LogP contribution in [0.15, 0.2) is 18.5 Å². The summed E-state index contributed by atoms with van der Waals surface area (Å²) in [6, 6.07) is 2.13. The largest absolute Gasteiger partial charge is 0.357 e. The van der Waals surface area contributed by atoms with Gasteiger partial charge in [-0.3, -0.25) is 9.78 Å². The highest BCUT2D eigenvalue weighted by Crippen LogP contribution is 2.26. The van der Waals surface area contributed by atoms with E-state index in [1.807, 2.05) is 13.8 Å². The molecule has 23 heavy (non-hydrogen) atoms. The molecule has 4 N–H and O–H groups in total. The van der Waals surface area contributed by atoms with Gasteiger partial charge in [0.2, 0.25) is 0 Å². The summed E-state index contributed by atoms with van der Waals surface area (Å²) in [5.41, 5.74) is 9.99. The predicted molar refractivity (Wildman–Crippen MR) is 89.1 cm³/mol. The Balaban J connectivity index is 1.79. The van der Waals surface area contributed by atoms with E-state index in [-0.39, 0.29) is 5.91 Å². The van der Waals surface area contributed by atoms with Gasteiger partial charge < -0.3 is 16.0 Å². The number of nitrogens with two attached hydrogens (primary N) is 1. The fraction of sp³-hybridized carbons (Fsp3) is 0.471. The summed E-state index contributed by atoms with van der Waals surface area (Å²) in [5.74, 6) is -0.255. The van der Waals surface area contributed by atoms with Gasteiger partial charge in [0.25, 0.3) is 5.91 Å². The predicted octanol–water partition coefficient (Wildman–Crippen LogP) is 1.82. The number of rotatable bonds is 4. The number of nitrogens with zero attached hydrogens (tertiary/aromatic N) is 2. The van der Waals surface area contributed by atoms with Crippen LogP contribution >= 0.6 is 0 Å². The third-order valence-corrected chi connectivity index (χ3v) is 3.96. The number of aromatic nitrogens is 3. The maximum absolute atomic E-state index is 12.2. The van der Waals surface area contributed by atoms with Crippen molar-refractivity contribution in [3.8, 4) is 11.4 Å². The molecule has 2 heterocycles. The zero-order chi connectivity index (χ0) is 16.4.